The molecule has 0 aromatic rings. The molecule has 78 valence electrons. The summed E-state index contributed by atoms with van der Waals surface area (Å²) < 4.78 is 0. The van der Waals surface area contributed by atoms with E-state index in [-0.39, 0.29) is 0 Å². The van der Waals surface area contributed by atoms with Gasteiger partial charge >= 0.3 is 0 Å². The highest BCUT2D eigenvalue weighted by Crippen LogP contribution is 2.49. The Morgan fingerprint density at radius 1 is 1.36 bits per heavy atom. The zero-order valence-electron chi connectivity index (χ0n) is 9.50. The van der Waals surface area contributed by atoms with Crippen molar-refractivity contribution in [2.45, 2.75) is 46.0 Å². The van der Waals surface area contributed by atoms with Crippen molar-refractivity contribution in [1.29, 1.82) is 0 Å². The lowest BCUT2D eigenvalue weighted by atomic mass is 9.84. The van der Waals surface area contributed by atoms with Gasteiger partial charge in [0.25, 0.3) is 0 Å². The van der Waals surface area contributed by atoms with Gasteiger partial charge in [0.1, 0.15) is 0 Å². The van der Waals surface area contributed by atoms with Crippen molar-refractivity contribution in [3.05, 3.63) is 23.8 Å². The first-order chi connectivity index (χ1) is 6.86. The van der Waals surface area contributed by atoms with E-state index in [4.69, 9.17) is 0 Å². The maximum atomic E-state index is 2.49. The molecule has 0 nitrogen and oxygen atoms in total. The van der Waals surface area contributed by atoms with Crippen LogP contribution in [0.2, 0.25) is 0 Å². The van der Waals surface area contributed by atoms with Crippen LogP contribution in [0, 0.1) is 17.8 Å². The average Bonchev–Trinajstić information content (AvgIpc) is 2.76. The van der Waals surface area contributed by atoms with Crippen LogP contribution in [0.4, 0.5) is 0 Å². The summed E-state index contributed by atoms with van der Waals surface area (Å²) >= 11 is 0. The fourth-order valence-electron chi connectivity index (χ4n) is 3.14. The van der Waals surface area contributed by atoms with Gasteiger partial charge in [-0.25, -0.2) is 0 Å². The highest BCUT2D eigenvalue weighted by molar-refractivity contribution is 5.30. The topological polar surface area (TPSA) is 0 Å². The quantitative estimate of drug-likeness (QED) is 0.579. The molecule has 0 amide bonds. The molecule has 0 saturated heterocycles. The molecule has 0 heteroatoms. The second-order valence-corrected chi connectivity index (χ2v) is 4.75. The van der Waals surface area contributed by atoms with Gasteiger partial charge in [-0.3, -0.25) is 0 Å². The Balaban J connectivity index is 2.06. The zero-order chi connectivity index (χ0) is 9.97. The van der Waals surface area contributed by atoms with Crippen molar-refractivity contribution >= 4 is 0 Å². The summed E-state index contributed by atoms with van der Waals surface area (Å²) in [4.78, 5) is 0. The van der Waals surface area contributed by atoms with Crippen LogP contribution in [0.5, 0.6) is 0 Å². The van der Waals surface area contributed by atoms with Gasteiger partial charge in [-0.2, -0.15) is 0 Å². The summed E-state index contributed by atoms with van der Waals surface area (Å²) in [5.41, 5.74) is 1.77. The molecule has 0 N–H and O–H groups in total. The normalized spacial score (nSPS) is 37.3. The van der Waals surface area contributed by atoms with E-state index in [1.54, 1.807) is 5.57 Å². The minimum Gasteiger partial charge on any atom is -0.0847 e. The molecule has 1 saturated carbocycles. The highest BCUT2D eigenvalue weighted by atomic mass is 14.4. The average molecular weight is 190 g/mol. The van der Waals surface area contributed by atoms with Crippen molar-refractivity contribution in [3.63, 3.8) is 0 Å². The Morgan fingerprint density at radius 2 is 2.21 bits per heavy atom. The lowest BCUT2D eigenvalue weighted by Gasteiger charge is -2.21. The number of unbranched alkanes of at least 4 members (excludes halogenated alkanes) is 1. The largest absolute Gasteiger partial charge is 0.0847 e. The monoisotopic (exact) mass is 190 g/mol. The molecular formula is C14H22. The van der Waals surface area contributed by atoms with Gasteiger partial charge in [0.15, 0.2) is 0 Å². The Kier molecular flexibility index (Phi) is 3.10. The van der Waals surface area contributed by atoms with Crippen LogP contribution in [0.15, 0.2) is 23.8 Å². The van der Waals surface area contributed by atoms with Crippen LogP contribution in [-0.4, -0.2) is 0 Å². The highest BCUT2D eigenvalue weighted by Gasteiger charge is 2.38. The van der Waals surface area contributed by atoms with E-state index >= 15 is 0 Å². The fourth-order valence-corrected chi connectivity index (χ4v) is 3.14. The summed E-state index contributed by atoms with van der Waals surface area (Å²) in [5.74, 6) is 2.62. The van der Waals surface area contributed by atoms with Crippen molar-refractivity contribution < 1.29 is 0 Å². The Morgan fingerprint density at radius 3 is 2.93 bits per heavy atom. The fraction of sp³-hybridized carbons (Fsp3) is 0.714. The third-order valence-corrected chi connectivity index (χ3v) is 3.80. The molecule has 0 radical (unpaired) electrons. The molecule has 1 fully saturated rings. The van der Waals surface area contributed by atoms with Crippen LogP contribution < -0.4 is 0 Å². The molecule has 3 unspecified atom stereocenters. The predicted octanol–water partition coefficient (Wildman–Crippen LogP) is 4.34. The molecule has 2 bridgehead atoms. The Bertz CT molecular complexity index is 247. The van der Waals surface area contributed by atoms with Crippen LogP contribution in [0.1, 0.15) is 46.0 Å². The van der Waals surface area contributed by atoms with Crippen LogP contribution >= 0.6 is 0 Å². The van der Waals surface area contributed by atoms with Crippen molar-refractivity contribution in [1.82, 2.24) is 0 Å². The minimum atomic E-state index is 0.821. The van der Waals surface area contributed by atoms with Crippen molar-refractivity contribution in [2.75, 3.05) is 0 Å². The molecule has 14 heavy (non-hydrogen) atoms. The van der Waals surface area contributed by atoms with E-state index in [1.165, 1.54) is 32.1 Å². The Labute approximate surface area is 88.1 Å². The van der Waals surface area contributed by atoms with E-state index < -0.39 is 0 Å². The van der Waals surface area contributed by atoms with E-state index in [0.29, 0.717) is 0 Å². The number of hydrogen-bond donors (Lipinski definition) is 0. The molecule has 2 rings (SSSR count). The molecule has 0 aliphatic heterocycles. The van der Waals surface area contributed by atoms with Gasteiger partial charge < -0.3 is 0 Å². The smallest absolute Gasteiger partial charge is 0.00144 e. The second kappa shape index (κ2) is 4.33. The van der Waals surface area contributed by atoms with Crippen LogP contribution in [0.25, 0.3) is 0 Å². The van der Waals surface area contributed by atoms with Gasteiger partial charge in [-0.1, -0.05) is 50.5 Å². The Hall–Kier alpha value is -0.520. The molecule has 0 aromatic carbocycles. The van der Waals surface area contributed by atoms with Crippen LogP contribution in [0.3, 0.4) is 0 Å². The summed E-state index contributed by atoms with van der Waals surface area (Å²) in [5, 5.41) is 0. The molecule has 2 aliphatic carbocycles. The molecule has 3 atom stereocenters. The number of hydrogen-bond acceptors (Lipinski definition) is 0. The van der Waals surface area contributed by atoms with E-state index in [1.807, 2.05) is 0 Å². The lowest BCUT2D eigenvalue weighted by molar-refractivity contribution is 0.458. The van der Waals surface area contributed by atoms with Gasteiger partial charge in [-0.15, -0.1) is 0 Å². The maximum Gasteiger partial charge on any atom is -0.00144 e. The first-order valence-corrected chi connectivity index (χ1v) is 6.25. The first kappa shape index (κ1) is 10.0. The molecule has 0 aromatic heterocycles. The number of fused-ring (bicyclic) bond motifs is 2. The molecule has 0 spiro atoms. The number of rotatable bonds is 4. The van der Waals surface area contributed by atoms with E-state index in [0.717, 1.165) is 17.8 Å². The van der Waals surface area contributed by atoms with Crippen molar-refractivity contribution in [2.24, 2.45) is 17.8 Å². The molecule has 0 heterocycles. The summed E-state index contributed by atoms with van der Waals surface area (Å²) in [6.07, 6.45) is 14.2. The SMILES string of the molecule is CC/C=C1\C2C=CC(C2)C1CCCC. The molecule has 2 aliphatic rings. The standard InChI is InChI=1S/C14H22/c1-3-5-7-14-12-9-8-11(10-12)13(14)6-4-2/h6,8-9,11-12,14H,3-5,7,10H2,1-2H3/b13-6+. The maximum absolute atomic E-state index is 2.49. The van der Waals surface area contributed by atoms with Crippen molar-refractivity contribution in [3.8, 4) is 0 Å². The predicted molar refractivity (Wildman–Crippen MR) is 62.1 cm³/mol. The van der Waals surface area contributed by atoms with E-state index in [9.17, 15) is 0 Å². The molecular weight excluding hydrogens is 168 g/mol. The zero-order valence-corrected chi connectivity index (χ0v) is 9.50. The van der Waals surface area contributed by atoms with Crippen LogP contribution in [-0.2, 0) is 0 Å². The lowest BCUT2D eigenvalue weighted by Crippen LogP contribution is -2.10. The van der Waals surface area contributed by atoms with Gasteiger partial charge in [0.05, 0.1) is 0 Å². The first-order valence-electron chi connectivity index (χ1n) is 6.25. The second-order valence-electron chi connectivity index (χ2n) is 4.75. The minimum absolute atomic E-state index is 0.821. The third kappa shape index (κ3) is 1.67. The van der Waals surface area contributed by atoms with Gasteiger partial charge in [-0.05, 0) is 37.0 Å². The number of allylic oxidation sites excluding steroid dienone is 4. The summed E-state index contributed by atoms with van der Waals surface area (Å²) in [6, 6.07) is 0. The van der Waals surface area contributed by atoms with E-state index in [2.05, 4.69) is 32.1 Å². The van der Waals surface area contributed by atoms with Gasteiger partial charge in [0.2, 0.25) is 0 Å². The summed E-state index contributed by atoms with van der Waals surface area (Å²) in [6.45, 7) is 4.56. The third-order valence-electron chi connectivity index (χ3n) is 3.80. The van der Waals surface area contributed by atoms with Gasteiger partial charge in [0, 0.05) is 0 Å². The summed E-state index contributed by atoms with van der Waals surface area (Å²) in [7, 11) is 0.